The van der Waals surface area contributed by atoms with Crippen molar-refractivity contribution in [3.05, 3.63) is 29.3 Å². The summed E-state index contributed by atoms with van der Waals surface area (Å²) in [5.74, 6) is 0.446. The van der Waals surface area contributed by atoms with Crippen LogP contribution in [0.5, 0.6) is 5.75 Å². The van der Waals surface area contributed by atoms with Crippen molar-refractivity contribution in [3.8, 4) is 5.75 Å². The molecule has 1 aromatic rings. The van der Waals surface area contributed by atoms with Crippen LogP contribution in [0.2, 0.25) is 0 Å². The number of methoxy groups -OCH3 is 1. The van der Waals surface area contributed by atoms with E-state index in [1.165, 1.54) is 12.7 Å². The lowest BCUT2D eigenvalue weighted by Gasteiger charge is -2.33. The number of likely N-dealkylation sites (tertiary alicyclic amines) is 1. The fourth-order valence-corrected chi connectivity index (χ4v) is 2.97. The summed E-state index contributed by atoms with van der Waals surface area (Å²) in [6.45, 7) is 7.18. The zero-order valence-corrected chi connectivity index (χ0v) is 15.0. The van der Waals surface area contributed by atoms with Gasteiger partial charge in [0, 0.05) is 13.1 Å². The van der Waals surface area contributed by atoms with Crippen LogP contribution in [0.15, 0.2) is 18.2 Å². The second-order valence-electron chi connectivity index (χ2n) is 6.38. The van der Waals surface area contributed by atoms with Gasteiger partial charge in [0.05, 0.1) is 13.0 Å². The van der Waals surface area contributed by atoms with Gasteiger partial charge in [-0.3, -0.25) is 9.59 Å². The summed E-state index contributed by atoms with van der Waals surface area (Å²) in [6, 6.07) is 5.88. The van der Waals surface area contributed by atoms with E-state index >= 15 is 0 Å². The Kier molecular flexibility index (Phi) is 6.23. The first-order valence-corrected chi connectivity index (χ1v) is 8.56. The van der Waals surface area contributed by atoms with E-state index in [2.05, 4.69) is 0 Å². The summed E-state index contributed by atoms with van der Waals surface area (Å²) in [4.78, 5) is 26.1. The number of benzene rings is 1. The number of hydrogen-bond acceptors (Lipinski definition) is 4. The molecule has 0 radical (unpaired) electrons. The third-order valence-electron chi connectivity index (χ3n) is 4.74. The Morgan fingerprint density at radius 3 is 2.42 bits per heavy atom. The van der Waals surface area contributed by atoms with Crippen LogP contribution in [0.1, 0.15) is 37.3 Å². The smallest absolute Gasteiger partial charge is 0.308 e. The molecule has 1 unspecified atom stereocenters. The van der Waals surface area contributed by atoms with Crippen LogP contribution in [-0.2, 0) is 14.3 Å². The maximum Gasteiger partial charge on any atom is 0.308 e. The van der Waals surface area contributed by atoms with Crippen molar-refractivity contribution in [3.63, 3.8) is 0 Å². The normalized spacial score (nSPS) is 16.6. The van der Waals surface area contributed by atoms with Crippen molar-refractivity contribution < 1.29 is 19.1 Å². The molecule has 5 heteroatoms. The van der Waals surface area contributed by atoms with E-state index in [1.54, 1.807) is 4.90 Å². The summed E-state index contributed by atoms with van der Waals surface area (Å²) in [6.07, 6.45) is 1.43. The number of amides is 1. The summed E-state index contributed by atoms with van der Waals surface area (Å²) < 4.78 is 10.7. The molecule has 1 aliphatic heterocycles. The molecular weight excluding hydrogens is 306 g/mol. The van der Waals surface area contributed by atoms with Crippen LogP contribution in [0.3, 0.4) is 0 Å². The first kappa shape index (κ1) is 18.3. The number of ether oxygens (including phenoxy) is 2. The zero-order valence-electron chi connectivity index (χ0n) is 15.0. The summed E-state index contributed by atoms with van der Waals surface area (Å²) in [5.41, 5.74) is 2.35. The predicted octanol–water partition coefficient (Wildman–Crippen LogP) is 2.87. The Bertz CT molecular complexity index is 591. The van der Waals surface area contributed by atoms with E-state index in [-0.39, 0.29) is 17.8 Å². The minimum absolute atomic E-state index is 0.000885. The van der Waals surface area contributed by atoms with E-state index in [0.29, 0.717) is 32.4 Å². The third kappa shape index (κ3) is 4.28. The highest BCUT2D eigenvalue weighted by Crippen LogP contribution is 2.22. The van der Waals surface area contributed by atoms with Gasteiger partial charge in [-0.25, -0.2) is 0 Å². The molecule has 2 rings (SSSR count). The largest absolute Gasteiger partial charge is 0.481 e. The fourth-order valence-electron chi connectivity index (χ4n) is 2.97. The molecule has 1 fully saturated rings. The topological polar surface area (TPSA) is 55.8 Å². The van der Waals surface area contributed by atoms with E-state index in [4.69, 9.17) is 9.47 Å². The van der Waals surface area contributed by atoms with Gasteiger partial charge in [0.1, 0.15) is 5.75 Å². The number of nitrogens with zero attached hydrogens (tertiary/aromatic N) is 1. The number of hydrogen-bond donors (Lipinski definition) is 0. The molecule has 0 aromatic heterocycles. The molecule has 0 aliphatic carbocycles. The Labute approximate surface area is 143 Å². The van der Waals surface area contributed by atoms with Crippen LogP contribution in [0.4, 0.5) is 0 Å². The molecule has 0 bridgehead atoms. The molecule has 1 heterocycles. The molecule has 1 amide bonds. The number of esters is 1. The number of piperidine rings is 1. The maximum absolute atomic E-state index is 12.7. The predicted molar refractivity (Wildman–Crippen MR) is 91.9 cm³/mol. The lowest BCUT2D eigenvalue weighted by molar-refractivity contribution is -0.150. The van der Waals surface area contributed by atoms with Gasteiger partial charge in [0.2, 0.25) is 0 Å². The van der Waals surface area contributed by atoms with Crippen molar-refractivity contribution in [2.45, 2.75) is 46.1 Å². The van der Waals surface area contributed by atoms with Crippen molar-refractivity contribution >= 4 is 11.9 Å². The van der Waals surface area contributed by atoms with E-state index < -0.39 is 6.10 Å². The van der Waals surface area contributed by atoms with Crippen LogP contribution in [0.25, 0.3) is 0 Å². The highest BCUT2D eigenvalue weighted by molar-refractivity contribution is 5.81. The molecule has 0 saturated carbocycles. The number of carbonyl (C=O) groups is 2. The number of aryl methyl sites for hydroxylation is 2. The van der Waals surface area contributed by atoms with Gasteiger partial charge >= 0.3 is 5.97 Å². The average Bonchev–Trinajstić information content (AvgIpc) is 2.61. The Morgan fingerprint density at radius 1 is 1.21 bits per heavy atom. The maximum atomic E-state index is 12.7. The lowest BCUT2D eigenvalue weighted by atomic mass is 9.96. The van der Waals surface area contributed by atoms with Crippen LogP contribution in [-0.4, -0.2) is 43.1 Å². The highest BCUT2D eigenvalue weighted by atomic mass is 16.5. The van der Waals surface area contributed by atoms with Gasteiger partial charge in [-0.05, 0) is 56.4 Å². The highest BCUT2D eigenvalue weighted by Gasteiger charge is 2.31. The van der Waals surface area contributed by atoms with E-state index in [9.17, 15) is 9.59 Å². The summed E-state index contributed by atoms with van der Waals surface area (Å²) in [5, 5.41) is 0. The first-order valence-electron chi connectivity index (χ1n) is 8.56. The van der Waals surface area contributed by atoms with Crippen LogP contribution < -0.4 is 4.74 Å². The summed E-state index contributed by atoms with van der Waals surface area (Å²) >= 11 is 0. The number of carbonyl (C=O) groups excluding carboxylic acids is 2. The number of rotatable bonds is 5. The molecule has 5 nitrogen and oxygen atoms in total. The van der Waals surface area contributed by atoms with Gasteiger partial charge < -0.3 is 14.4 Å². The van der Waals surface area contributed by atoms with Gasteiger partial charge in [-0.15, -0.1) is 0 Å². The minimum Gasteiger partial charge on any atom is -0.481 e. The van der Waals surface area contributed by atoms with Crippen molar-refractivity contribution in [1.29, 1.82) is 0 Å². The lowest BCUT2D eigenvalue weighted by Crippen LogP contribution is -2.46. The van der Waals surface area contributed by atoms with Crippen molar-refractivity contribution in [2.75, 3.05) is 20.2 Å². The molecule has 0 N–H and O–H groups in total. The standard InChI is InChI=1S/C19H27NO4/c1-5-17(24-16-7-6-13(2)14(3)12-16)18(21)20-10-8-15(9-11-20)19(22)23-4/h6-7,12,15,17H,5,8-11H2,1-4H3. The summed E-state index contributed by atoms with van der Waals surface area (Å²) in [7, 11) is 1.41. The molecule has 1 aliphatic rings. The van der Waals surface area contributed by atoms with Crippen LogP contribution >= 0.6 is 0 Å². The first-order chi connectivity index (χ1) is 11.5. The molecule has 0 spiro atoms. The zero-order chi connectivity index (χ0) is 17.7. The molecular formula is C19H27NO4. The Hall–Kier alpha value is -2.04. The second kappa shape index (κ2) is 8.18. The Morgan fingerprint density at radius 2 is 1.88 bits per heavy atom. The van der Waals surface area contributed by atoms with Crippen LogP contribution in [0, 0.1) is 19.8 Å². The fraction of sp³-hybridized carbons (Fsp3) is 0.579. The molecule has 1 saturated heterocycles. The average molecular weight is 333 g/mol. The Balaban J connectivity index is 1.96. The van der Waals surface area contributed by atoms with Gasteiger partial charge in [-0.2, -0.15) is 0 Å². The van der Waals surface area contributed by atoms with Gasteiger partial charge in [0.15, 0.2) is 6.10 Å². The van der Waals surface area contributed by atoms with Gasteiger partial charge in [0.25, 0.3) is 5.91 Å². The molecule has 24 heavy (non-hydrogen) atoms. The van der Waals surface area contributed by atoms with Crippen molar-refractivity contribution in [1.82, 2.24) is 4.90 Å². The SMILES string of the molecule is CCC(Oc1ccc(C)c(C)c1)C(=O)N1CCC(C(=O)OC)CC1. The minimum atomic E-state index is -0.484. The second-order valence-corrected chi connectivity index (χ2v) is 6.38. The molecule has 1 aromatic carbocycles. The molecule has 132 valence electrons. The van der Waals surface area contributed by atoms with E-state index in [1.807, 2.05) is 39.0 Å². The monoisotopic (exact) mass is 333 g/mol. The van der Waals surface area contributed by atoms with Gasteiger partial charge in [-0.1, -0.05) is 13.0 Å². The molecule has 1 atom stereocenters. The van der Waals surface area contributed by atoms with E-state index in [0.717, 1.165) is 11.3 Å². The quantitative estimate of drug-likeness (QED) is 0.778. The third-order valence-corrected chi connectivity index (χ3v) is 4.74. The van der Waals surface area contributed by atoms with Crippen molar-refractivity contribution in [2.24, 2.45) is 5.92 Å².